The van der Waals surface area contributed by atoms with Crippen LogP contribution >= 0.6 is 0 Å². The monoisotopic (exact) mass is 229 g/mol. The lowest BCUT2D eigenvalue weighted by atomic mass is 10.1. The van der Waals surface area contributed by atoms with E-state index < -0.39 is 0 Å². The van der Waals surface area contributed by atoms with E-state index in [4.69, 9.17) is 9.84 Å². The predicted molar refractivity (Wildman–Crippen MR) is 62.1 cm³/mol. The summed E-state index contributed by atoms with van der Waals surface area (Å²) in [5.74, 6) is 0.820. The molecule has 1 N–H and O–H groups in total. The average Bonchev–Trinajstić information content (AvgIpc) is 3.10. The van der Waals surface area contributed by atoms with Gasteiger partial charge in [-0.15, -0.1) is 0 Å². The quantitative estimate of drug-likeness (QED) is 0.676. The Balaban J connectivity index is 2.43. The van der Waals surface area contributed by atoms with Crippen LogP contribution in [0.3, 0.4) is 0 Å². The first kappa shape index (κ1) is 13.5. The molecule has 0 aromatic rings. The maximum Gasteiger partial charge on any atom is 0.222 e. The van der Waals surface area contributed by atoms with Gasteiger partial charge in [0.2, 0.25) is 5.91 Å². The predicted octanol–water partition coefficient (Wildman–Crippen LogP) is 1.03. The molecule has 0 aromatic heterocycles. The van der Waals surface area contributed by atoms with Crippen molar-refractivity contribution in [2.45, 2.75) is 38.6 Å². The van der Waals surface area contributed by atoms with Crippen LogP contribution in [0.15, 0.2) is 0 Å². The summed E-state index contributed by atoms with van der Waals surface area (Å²) in [7, 11) is 1.65. The molecule has 1 rings (SSSR count). The fraction of sp³-hybridized carbons (Fsp3) is 0.917. The van der Waals surface area contributed by atoms with Crippen molar-refractivity contribution in [2.24, 2.45) is 5.92 Å². The molecule has 1 aliphatic carbocycles. The van der Waals surface area contributed by atoms with Crippen LogP contribution < -0.4 is 0 Å². The summed E-state index contributed by atoms with van der Waals surface area (Å²) in [5, 5.41) is 8.74. The second-order valence-electron chi connectivity index (χ2n) is 4.49. The van der Waals surface area contributed by atoms with E-state index in [1.807, 2.05) is 4.90 Å². The normalized spacial score (nSPS) is 17.2. The molecule has 0 saturated heterocycles. The minimum absolute atomic E-state index is 0.0850. The third-order valence-corrected chi connectivity index (χ3v) is 3.20. The summed E-state index contributed by atoms with van der Waals surface area (Å²) < 4.78 is 5.03. The number of aliphatic hydroxyl groups is 1. The van der Waals surface area contributed by atoms with Gasteiger partial charge in [-0.2, -0.15) is 0 Å². The lowest BCUT2D eigenvalue weighted by Gasteiger charge is -2.29. The SMILES string of the molecule is COCCN(C(=O)CCCO)C(C)C1CC1. The van der Waals surface area contributed by atoms with E-state index >= 15 is 0 Å². The van der Waals surface area contributed by atoms with Gasteiger partial charge in [-0.3, -0.25) is 4.79 Å². The third-order valence-electron chi connectivity index (χ3n) is 3.20. The molecule has 94 valence electrons. The van der Waals surface area contributed by atoms with Gasteiger partial charge in [0.1, 0.15) is 0 Å². The molecule has 0 radical (unpaired) electrons. The zero-order chi connectivity index (χ0) is 12.0. The molecule has 1 unspecified atom stereocenters. The van der Waals surface area contributed by atoms with Crippen molar-refractivity contribution in [1.29, 1.82) is 0 Å². The molecule has 0 aromatic carbocycles. The molecule has 0 heterocycles. The van der Waals surface area contributed by atoms with Crippen molar-refractivity contribution in [3.05, 3.63) is 0 Å². The smallest absolute Gasteiger partial charge is 0.222 e. The van der Waals surface area contributed by atoms with Gasteiger partial charge < -0.3 is 14.7 Å². The number of amides is 1. The molecular formula is C12H23NO3. The number of aliphatic hydroxyl groups excluding tert-OH is 1. The number of hydrogen-bond donors (Lipinski definition) is 1. The van der Waals surface area contributed by atoms with Gasteiger partial charge in [-0.25, -0.2) is 0 Å². The highest BCUT2D eigenvalue weighted by molar-refractivity contribution is 5.76. The number of ether oxygens (including phenoxy) is 1. The van der Waals surface area contributed by atoms with Crippen LogP contribution in [-0.2, 0) is 9.53 Å². The highest BCUT2D eigenvalue weighted by Gasteiger charge is 2.33. The Kier molecular flexibility index (Phi) is 5.77. The number of methoxy groups -OCH3 is 1. The Morgan fingerprint density at radius 2 is 2.25 bits per heavy atom. The zero-order valence-corrected chi connectivity index (χ0v) is 10.3. The van der Waals surface area contributed by atoms with Gasteiger partial charge in [0.15, 0.2) is 0 Å². The Morgan fingerprint density at radius 1 is 1.56 bits per heavy atom. The average molecular weight is 229 g/mol. The van der Waals surface area contributed by atoms with Crippen LogP contribution in [0, 0.1) is 5.92 Å². The lowest BCUT2D eigenvalue weighted by molar-refractivity contribution is -0.134. The van der Waals surface area contributed by atoms with E-state index in [0.29, 0.717) is 38.0 Å². The molecule has 16 heavy (non-hydrogen) atoms. The highest BCUT2D eigenvalue weighted by atomic mass is 16.5. The van der Waals surface area contributed by atoms with Crippen molar-refractivity contribution in [2.75, 3.05) is 26.9 Å². The topological polar surface area (TPSA) is 49.8 Å². The first-order chi connectivity index (χ1) is 7.70. The Morgan fingerprint density at radius 3 is 2.75 bits per heavy atom. The number of nitrogens with zero attached hydrogens (tertiary/aromatic N) is 1. The summed E-state index contributed by atoms with van der Waals surface area (Å²) in [6, 6.07) is 0.321. The summed E-state index contributed by atoms with van der Waals surface area (Å²) in [6.07, 6.45) is 3.47. The molecule has 1 atom stereocenters. The fourth-order valence-electron chi connectivity index (χ4n) is 1.95. The van der Waals surface area contributed by atoms with Crippen molar-refractivity contribution < 1.29 is 14.6 Å². The Bertz CT molecular complexity index is 216. The van der Waals surface area contributed by atoms with Gasteiger partial charge in [0.25, 0.3) is 0 Å². The Hall–Kier alpha value is -0.610. The largest absolute Gasteiger partial charge is 0.396 e. The third kappa shape index (κ3) is 4.10. The summed E-state index contributed by atoms with van der Waals surface area (Å²) in [4.78, 5) is 13.9. The number of carbonyl (C=O) groups excluding carboxylic acids is 1. The zero-order valence-electron chi connectivity index (χ0n) is 10.3. The minimum Gasteiger partial charge on any atom is -0.396 e. The standard InChI is InChI=1S/C12H23NO3/c1-10(11-5-6-11)13(7-9-16-2)12(15)4-3-8-14/h10-11,14H,3-9H2,1-2H3. The first-order valence-electron chi connectivity index (χ1n) is 6.10. The van der Waals surface area contributed by atoms with E-state index in [1.54, 1.807) is 7.11 Å². The van der Waals surface area contributed by atoms with Crippen LogP contribution in [0.2, 0.25) is 0 Å². The van der Waals surface area contributed by atoms with E-state index in [-0.39, 0.29) is 12.5 Å². The maximum absolute atomic E-state index is 11.9. The van der Waals surface area contributed by atoms with Gasteiger partial charge in [-0.1, -0.05) is 0 Å². The lowest BCUT2D eigenvalue weighted by Crippen LogP contribution is -2.41. The fourth-order valence-corrected chi connectivity index (χ4v) is 1.95. The summed E-state index contributed by atoms with van der Waals surface area (Å²) in [5.41, 5.74) is 0. The van der Waals surface area contributed by atoms with E-state index in [9.17, 15) is 4.79 Å². The molecule has 1 amide bonds. The van der Waals surface area contributed by atoms with Crippen LogP contribution in [-0.4, -0.2) is 48.8 Å². The molecule has 0 spiro atoms. The minimum atomic E-state index is 0.0850. The number of carbonyl (C=O) groups is 1. The van der Waals surface area contributed by atoms with Gasteiger partial charge in [0.05, 0.1) is 6.61 Å². The molecule has 0 bridgehead atoms. The van der Waals surface area contributed by atoms with Gasteiger partial charge in [0, 0.05) is 32.7 Å². The molecule has 1 fully saturated rings. The maximum atomic E-state index is 11.9. The summed E-state index contributed by atoms with van der Waals surface area (Å²) in [6.45, 7) is 3.45. The van der Waals surface area contributed by atoms with Crippen LogP contribution in [0.25, 0.3) is 0 Å². The Labute approximate surface area is 97.6 Å². The highest BCUT2D eigenvalue weighted by Crippen LogP contribution is 2.35. The van der Waals surface area contributed by atoms with Gasteiger partial charge in [-0.05, 0) is 32.1 Å². The summed E-state index contributed by atoms with van der Waals surface area (Å²) >= 11 is 0. The second-order valence-corrected chi connectivity index (χ2v) is 4.49. The van der Waals surface area contributed by atoms with Gasteiger partial charge >= 0.3 is 0 Å². The van der Waals surface area contributed by atoms with Crippen molar-refractivity contribution in [3.63, 3.8) is 0 Å². The molecule has 0 aliphatic heterocycles. The van der Waals surface area contributed by atoms with Crippen LogP contribution in [0.4, 0.5) is 0 Å². The van der Waals surface area contributed by atoms with E-state index in [0.717, 1.165) is 0 Å². The molecule has 1 aliphatic rings. The molecular weight excluding hydrogens is 206 g/mol. The number of rotatable bonds is 8. The molecule has 4 heteroatoms. The van der Waals surface area contributed by atoms with Crippen molar-refractivity contribution in [1.82, 2.24) is 4.90 Å². The van der Waals surface area contributed by atoms with Crippen molar-refractivity contribution in [3.8, 4) is 0 Å². The van der Waals surface area contributed by atoms with Crippen LogP contribution in [0.1, 0.15) is 32.6 Å². The first-order valence-corrected chi connectivity index (χ1v) is 6.10. The second kappa shape index (κ2) is 6.86. The van der Waals surface area contributed by atoms with Crippen LogP contribution in [0.5, 0.6) is 0 Å². The van der Waals surface area contributed by atoms with E-state index in [1.165, 1.54) is 12.8 Å². The van der Waals surface area contributed by atoms with E-state index in [2.05, 4.69) is 6.92 Å². The van der Waals surface area contributed by atoms with Crippen molar-refractivity contribution >= 4 is 5.91 Å². The molecule has 4 nitrogen and oxygen atoms in total. The number of hydrogen-bond acceptors (Lipinski definition) is 3. The molecule has 1 saturated carbocycles.